The van der Waals surface area contributed by atoms with E-state index >= 15 is 0 Å². The van der Waals surface area contributed by atoms with Gasteiger partial charge in [-0.15, -0.1) is 0 Å². The Morgan fingerprint density at radius 2 is 1.81 bits per heavy atom. The SMILES string of the molecule is COCCN(CC(=O)N1CCn2cccc2C1c1ccc(C(C)C)cc1)C(=O)Nc1ccccc1C. The van der Waals surface area contributed by atoms with Crippen LogP contribution in [-0.2, 0) is 16.1 Å². The van der Waals surface area contributed by atoms with Crippen LogP contribution in [0.25, 0.3) is 0 Å². The van der Waals surface area contributed by atoms with E-state index in [1.165, 1.54) is 10.5 Å². The van der Waals surface area contributed by atoms with Crippen molar-refractivity contribution < 1.29 is 14.3 Å². The Bertz CT molecular complexity index is 1190. The van der Waals surface area contributed by atoms with Gasteiger partial charge in [-0.25, -0.2) is 4.79 Å². The molecule has 190 valence electrons. The van der Waals surface area contributed by atoms with Crippen molar-refractivity contribution in [2.24, 2.45) is 0 Å². The summed E-state index contributed by atoms with van der Waals surface area (Å²) in [6.45, 7) is 8.23. The summed E-state index contributed by atoms with van der Waals surface area (Å²) in [7, 11) is 1.59. The van der Waals surface area contributed by atoms with Gasteiger partial charge in [-0.3, -0.25) is 4.79 Å². The Kier molecular flexibility index (Phi) is 8.10. The van der Waals surface area contributed by atoms with E-state index in [0.717, 1.165) is 29.1 Å². The average Bonchev–Trinajstić information content (AvgIpc) is 3.36. The topological polar surface area (TPSA) is 66.8 Å². The largest absolute Gasteiger partial charge is 0.383 e. The maximum atomic E-state index is 13.7. The van der Waals surface area contributed by atoms with Crippen LogP contribution in [0.2, 0.25) is 0 Å². The van der Waals surface area contributed by atoms with Crippen molar-refractivity contribution in [3.05, 3.63) is 89.2 Å². The Morgan fingerprint density at radius 1 is 1.06 bits per heavy atom. The summed E-state index contributed by atoms with van der Waals surface area (Å²) < 4.78 is 7.44. The molecule has 36 heavy (non-hydrogen) atoms. The predicted molar refractivity (Wildman–Crippen MR) is 142 cm³/mol. The molecule has 1 atom stereocenters. The van der Waals surface area contributed by atoms with Gasteiger partial charge >= 0.3 is 6.03 Å². The molecule has 4 rings (SSSR count). The summed E-state index contributed by atoms with van der Waals surface area (Å²) >= 11 is 0. The zero-order valence-electron chi connectivity index (χ0n) is 21.6. The van der Waals surface area contributed by atoms with Gasteiger partial charge in [-0.1, -0.05) is 56.3 Å². The molecule has 1 aliphatic heterocycles. The van der Waals surface area contributed by atoms with E-state index in [-0.39, 0.29) is 24.5 Å². The standard InChI is InChI=1S/C29H36N4O3/c1-21(2)23-11-13-24(14-12-23)28-26-10-7-15-31(26)16-17-33(28)27(34)20-32(18-19-36-4)29(35)30-25-9-6-5-8-22(25)3/h5-15,21,28H,16-20H2,1-4H3,(H,30,35). The zero-order chi connectivity index (χ0) is 25.7. The molecule has 1 aromatic heterocycles. The first-order valence-corrected chi connectivity index (χ1v) is 12.5. The number of hydrogen-bond acceptors (Lipinski definition) is 3. The van der Waals surface area contributed by atoms with Crippen LogP contribution in [0.3, 0.4) is 0 Å². The van der Waals surface area contributed by atoms with Gasteiger partial charge in [0.1, 0.15) is 6.54 Å². The lowest BCUT2D eigenvalue weighted by atomic mass is 9.95. The van der Waals surface area contributed by atoms with Crippen LogP contribution >= 0.6 is 0 Å². The number of aromatic nitrogens is 1. The molecular weight excluding hydrogens is 452 g/mol. The van der Waals surface area contributed by atoms with Crippen LogP contribution in [0.1, 0.15) is 48.2 Å². The summed E-state index contributed by atoms with van der Waals surface area (Å²) in [5.74, 6) is 0.351. The fraction of sp³-hybridized carbons (Fsp3) is 0.379. The minimum atomic E-state index is -0.312. The zero-order valence-corrected chi connectivity index (χ0v) is 21.6. The molecule has 0 fully saturated rings. The van der Waals surface area contributed by atoms with Crippen LogP contribution in [0.5, 0.6) is 0 Å². The highest BCUT2D eigenvalue weighted by molar-refractivity contribution is 5.93. The number of benzene rings is 2. The molecule has 0 aliphatic carbocycles. The summed E-state index contributed by atoms with van der Waals surface area (Å²) in [5, 5.41) is 2.96. The number of amides is 3. The summed E-state index contributed by atoms with van der Waals surface area (Å²) in [6.07, 6.45) is 2.06. The van der Waals surface area contributed by atoms with Crippen LogP contribution in [-0.4, -0.2) is 59.7 Å². The van der Waals surface area contributed by atoms with Gasteiger partial charge in [-0.2, -0.15) is 0 Å². The molecule has 7 heteroatoms. The Balaban J connectivity index is 1.57. The van der Waals surface area contributed by atoms with Crippen molar-refractivity contribution in [2.45, 2.75) is 39.3 Å². The minimum absolute atomic E-state index is 0.0254. The third-order valence-electron chi connectivity index (χ3n) is 6.84. The highest BCUT2D eigenvalue weighted by Crippen LogP contribution is 2.33. The van der Waals surface area contributed by atoms with Crippen molar-refractivity contribution in [2.75, 3.05) is 38.7 Å². The maximum absolute atomic E-state index is 13.7. The second kappa shape index (κ2) is 11.4. The smallest absolute Gasteiger partial charge is 0.322 e. The molecule has 3 aromatic rings. The summed E-state index contributed by atoms with van der Waals surface area (Å²) in [6, 6.07) is 19.7. The first-order valence-electron chi connectivity index (χ1n) is 12.5. The number of ether oxygens (including phenoxy) is 1. The van der Waals surface area contributed by atoms with E-state index in [1.54, 1.807) is 7.11 Å². The number of carbonyl (C=O) groups is 2. The second-order valence-corrected chi connectivity index (χ2v) is 9.60. The first-order chi connectivity index (χ1) is 17.4. The number of para-hydroxylation sites is 1. The quantitative estimate of drug-likeness (QED) is 0.484. The van der Waals surface area contributed by atoms with Gasteiger partial charge in [-0.05, 0) is 47.7 Å². The van der Waals surface area contributed by atoms with E-state index in [2.05, 4.69) is 60.3 Å². The summed E-state index contributed by atoms with van der Waals surface area (Å²) in [4.78, 5) is 30.4. The number of fused-ring (bicyclic) bond motifs is 1. The number of anilines is 1. The molecule has 1 aliphatic rings. The number of nitrogens with zero attached hydrogens (tertiary/aromatic N) is 3. The van der Waals surface area contributed by atoms with Crippen LogP contribution in [0.15, 0.2) is 66.9 Å². The molecule has 0 bridgehead atoms. The van der Waals surface area contributed by atoms with Crippen LogP contribution in [0, 0.1) is 6.92 Å². The molecule has 1 N–H and O–H groups in total. The number of carbonyl (C=O) groups excluding carboxylic acids is 2. The van der Waals surface area contributed by atoms with Crippen molar-refractivity contribution in [1.29, 1.82) is 0 Å². The third-order valence-corrected chi connectivity index (χ3v) is 6.84. The van der Waals surface area contributed by atoms with Gasteiger partial charge in [0, 0.05) is 44.3 Å². The fourth-order valence-corrected chi connectivity index (χ4v) is 4.68. The van der Waals surface area contributed by atoms with Crippen molar-refractivity contribution in [1.82, 2.24) is 14.4 Å². The molecule has 0 saturated carbocycles. The van der Waals surface area contributed by atoms with Gasteiger partial charge in [0.2, 0.25) is 5.91 Å². The Hall–Kier alpha value is -3.58. The number of methoxy groups -OCH3 is 1. The number of hydrogen-bond donors (Lipinski definition) is 1. The van der Waals surface area contributed by atoms with Crippen molar-refractivity contribution >= 4 is 17.6 Å². The lowest BCUT2D eigenvalue weighted by Crippen LogP contribution is -2.49. The summed E-state index contributed by atoms with van der Waals surface area (Å²) in [5.41, 5.74) is 5.11. The number of urea groups is 1. The number of aryl methyl sites for hydroxylation is 1. The number of rotatable bonds is 8. The first kappa shape index (κ1) is 25.5. The fourth-order valence-electron chi connectivity index (χ4n) is 4.68. The predicted octanol–water partition coefficient (Wildman–Crippen LogP) is 5.03. The highest BCUT2D eigenvalue weighted by Gasteiger charge is 2.33. The lowest BCUT2D eigenvalue weighted by molar-refractivity contribution is -0.134. The normalized spacial score (nSPS) is 15.0. The molecule has 7 nitrogen and oxygen atoms in total. The molecule has 0 radical (unpaired) electrons. The Labute approximate surface area is 213 Å². The van der Waals surface area contributed by atoms with Gasteiger partial charge < -0.3 is 24.4 Å². The van der Waals surface area contributed by atoms with Gasteiger partial charge in [0.25, 0.3) is 0 Å². The molecule has 0 spiro atoms. The number of nitrogens with one attached hydrogen (secondary N) is 1. The van der Waals surface area contributed by atoms with Crippen LogP contribution < -0.4 is 5.32 Å². The molecular formula is C29H36N4O3. The molecule has 1 unspecified atom stereocenters. The van der Waals surface area contributed by atoms with Crippen LogP contribution in [0.4, 0.5) is 10.5 Å². The van der Waals surface area contributed by atoms with E-state index in [1.807, 2.05) is 42.2 Å². The van der Waals surface area contributed by atoms with Crippen molar-refractivity contribution in [3.63, 3.8) is 0 Å². The molecule has 0 saturated heterocycles. The second-order valence-electron chi connectivity index (χ2n) is 9.60. The Morgan fingerprint density at radius 3 is 2.50 bits per heavy atom. The molecule has 3 amide bonds. The molecule has 2 aromatic carbocycles. The molecule has 2 heterocycles. The van der Waals surface area contributed by atoms with Gasteiger partial charge in [0.05, 0.1) is 12.6 Å². The third kappa shape index (κ3) is 5.62. The monoisotopic (exact) mass is 488 g/mol. The van der Waals surface area contributed by atoms with E-state index in [0.29, 0.717) is 25.6 Å². The van der Waals surface area contributed by atoms with E-state index in [4.69, 9.17) is 4.74 Å². The van der Waals surface area contributed by atoms with E-state index in [9.17, 15) is 9.59 Å². The average molecular weight is 489 g/mol. The minimum Gasteiger partial charge on any atom is -0.383 e. The van der Waals surface area contributed by atoms with Gasteiger partial charge in [0.15, 0.2) is 0 Å². The maximum Gasteiger partial charge on any atom is 0.322 e. The lowest BCUT2D eigenvalue weighted by Gasteiger charge is -2.38. The van der Waals surface area contributed by atoms with E-state index < -0.39 is 0 Å². The highest BCUT2D eigenvalue weighted by atomic mass is 16.5. The van der Waals surface area contributed by atoms with Crippen molar-refractivity contribution in [3.8, 4) is 0 Å².